The standard InChI is InChI=1S/C15H21N3O2S/c1-12-8-14(10-17)11-18(12)6-7-21(19,20)15-4-2-13(9-16)3-5-15/h2-5,12,14H,6-8,10-11,17H2,1H3. The van der Waals surface area contributed by atoms with Gasteiger partial charge in [0.05, 0.1) is 22.3 Å². The van der Waals surface area contributed by atoms with Crippen LogP contribution in [0, 0.1) is 17.2 Å². The molecule has 2 atom stereocenters. The summed E-state index contributed by atoms with van der Waals surface area (Å²) in [5, 5.41) is 8.74. The van der Waals surface area contributed by atoms with Gasteiger partial charge in [-0.2, -0.15) is 5.26 Å². The lowest BCUT2D eigenvalue weighted by Gasteiger charge is -2.20. The molecule has 0 aromatic heterocycles. The third-order valence-corrected chi connectivity index (χ3v) is 5.82. The molecule has 0 radical (unpaired) electrons. The second-order valence-electron chi connectivity index (χ2n) is 5.64. The topological polar surface area (TPSA) is 87.2 Å². The molecule has 1 heterocycles. The van der Waals surface area contributed by atoms with Crippen molar-refractivity contribution in [2.75, 3.05) is 25.4 Å². The van der Waals surface area contributed by atoms with E-state index in [-0.39, 0.29) is 10.6 Å². The van der Waals surface area contributed by atoms with Gasteiger partial charge in [0.25, 0.3) is 0 Å². The average Bonchev–Trinajstić information content (AvgIpc) is 2.86. The first-order valence-corrected chi connectivity index (χ1v) is 8.78. The Morgan fingerprint density at radius 3 is 2.57 bits per heavy atom. The smallest absolute Gasteiger partial charge is 0.179 e. The zero-order valence-corrected chi connectivity index (χ0v) is 13.0. The Labute approximate surface area is 126 Å². The highest BCUT2D eigenvalue weighted by Gasteiger charge is 2.29. The largest absolute Gasteiger partial charge is 0.330 e. The summed E-state index contributed by atoms with van der Waals surface area (Å²) in [7, 11) is -3.30. The number of sulfone groups is 1. The molecule has 2 N–H and O–H groups in total. The van der Waals surface area contributed by atoms with Crippen LogP contribution in [0.25, 0.3) is 0 Å². The van der Waals surface area contributed by atoms with Gasteiger partial charge in [0.2, 0.25) is 0 Å². The third kappa shape index (κ3) is 3.82. The van der Waals surface area contributed by atoms with Crippen LogP contribution in [0.1, 0.15) is 18.9 Å². The molecule has 2 rings (SSSR count). The van der Waals surface area contributed by atoms with Crippen molar-refractivity contribution in [1.29, 1.82) is 5.26 Å². The summed E-state index contributed by atoms with van der Waals surface area (Å²) in [6.07, 6.45) is 1.04. The predicted molar refractivity (Wildman–Crippen MR) is 81.4 cm³/mol. The fourth-order valence-electron chi connectivity index (χ4n) is 2.79. The van der Waals surface area contributed by atoms with Crippen LogP contribution in [-0.2, 0) is 9.84 Å². The van der Waals surface area contributed by atoms with Gasteiger partial charge in [0.15, 0.2) is 9.84 Å². The lowest BCUT2D eigenvalue weighted by Crippen LogP contribution is -2.32. The van der Waals surface area contributed by atoms with Gasteiger partial charge in [-0.3, -0.25) is 4.90 Å². The molecule has 1 aliphatic heterocycles. The van der Waals surface area contributed by atoms with Crippen LogP contribution in [-0.4, -0.2) is 44.7 Å². The molecule has 0 bridgehead atoms. The van der Waals surface area contributed by atoms with E-state index in [0.717, 1.165) is 13.0 Å². The normalized spacial score (nSPS) is 23.1. The SMILES string of the molecule is CC1CC(CN)CN1CCS(=O)(=O)c1ccc(C#N)cc1. The van der Waals surface area contributed by atoms with Gasteiger partial charge in [-0.1, -0.05) is 0 Å². The molecule has 0 aliphatic carbocycles. The van der Waals surface area contributed by atoms with E-state index >= 15 is 0 Å². The van der Waals surface area contributed by atoms with E-state index in [1.807, 2.05) is 6.07 Å². The molecule has 114 valence electrons. The Morgan fingerprint density at radius 1 is 1.38 bits per heavy atom. The highest BCUT2D eigenvalue weighted by Crippen LogP contribution is 2.22. The molecule has 1 aliphatic rings. The van der Waals surface area contributed by atoms with Gasteiger partial charge in [0, 0.05) is 19.1 Å². The van der Waals surface area contributed by atoms with Gasteiger partial charge in [-0.05, 0) is 50.1 Å². The summed E-state index contributed by atoms with van der Waals surface area (Å²) in [6.45, 7) is 4.17. The lowest BCUT2D eigenvalue weighted by molar-refractivity contribution is 0.280. The van der Waals surface area contributed by atoms with Gasteiger partial charge < -0.3 is 5.73 Å². The number of rotatable bonds is 5. The fraction of sp³-hybridized carbons (Fsp3) is 0.533. The minimum Gasteiger partial charge on any atom is -0.330 e. The van der Waals surface area contributed by atoms with Crippen molar-refractivity contribution in [1.82, 2.24) is 4.90 Å². The average molecular weight is 307 g/mol. The van der Waals surface area contributed by atoms with Crippen molar-refractivity contribution in [3.63, 3.8) is 0 Å². The number of benzene rings is 1. The van der Waals surface area contributed by atoms with Crippen LogP contribution in [0.2, 0.25) is 0 Å². The Hall–Kier alpha value is -1.42. The van der Waals surface area contributed by atoms with Crippen LogP contribution in [0.3, 0.4) is 0 Å². The summed E-state index contributed by atoms with van der Waals surface area (Å²) in [6, 6.07) is 8.45. The highest BCUT2D eigenvalue weighted by molar-refractivity contribution is 7.91. The van der Waals surface area contributed by atoms with Gasteiger partial charge >= 0.3 is 0 Å². The highest BCUT2D eigenvalue weighted by atomic mass is 32.2. The Kier molecular flexibility index (Phi) is 4.99. The van der Waals surface area contributed by atoms with E-state index in [1.54, 1.807) is 0 Å². The van der Waals surface area contributed by atoms with E-state index < -0.39 is 9.84 Å². The van der Waals surface area contributed by atoms with Gasteiger partial charge in [-0.25, -0.2) is 8.42 Å². The molecular weight excluding hydrogens is 286 g/mol. The summed E-state index contributed by atoms with van der Waals surface area (Å²) in [5.74, 6) is 0.568. The number of likely N-dealkylation sites (tertiary alicyclic amines) is 1. The summed E-state index contributed by atoms with van der Waals surface area (Å²) in [4.78, 5) is 2.47. The summed E-state index contributed by atoms with van der Waals surface area (Å²) in [5.41, 5.74) is 6.15. The minimum atomic E-state index is -3.30. The molecular formula is C15H21N3O2S. The first-order chi connectivity index (χ1) is 9.96. The molecule has 1 fully saturated rings. The number of nitrogens with zero attached hydrogens (tertiary/aromatic N) is 2. The number of nitriles is 1. The van der Waals surface area contributed by atoms with Crippen LogP contribution < -0.4 is 5.73 Å². The Bertz CT molecular complexity index is 619. The number of hydrogen-bond acceptors (Lipinski definition) is 5. The monoisotopic (exact) mass is 307 g/mol. The fourth-order valence-corrected chi connectivity index (χ4v) is 4.05. The molecule has 5 nitrogen and oxygen atoms in total. The van der Waals surface area contributed by atoms with E-state index in [0.29, 0.717) is 30.6 Å². The Balaban J connectivity index is 2.00. The van der Waals surface area contributed by atoms with E-state index in [1.165, 1.54) is 24.3 Å². The second kappa shape index (κ2) is 6.56. The zero-order chi connectivity index (χ0) is 15.5. The van der Waals surface area contributed by atoms with Gasteiger partial charge in [0.1, 0.15) is 0 Å². The second-order valence-corrected chi connectivity index (χ2v) is 7.75. The first kappa shape index (κ1) is 16.0. The lowest BCUT2D eigenvalue weighted by atomic mass is 10.1. The molecule has 0 spiro atoms. The number of hydrogen-bond donors (Lipinski definition) is 1. The third-order valence-electron chi connectivity index (χ3n) is 4.11. The maximum atomic E-state index is 12.3. The van der Waals surface area contributed by atoms with Crippen molar-refractivity contribution < 1.29 is 8.42 Å². The zero-order valence-electron chi connectivity index (χ0n) is 12.2. The molecule has 21 heavy (non-hydrogen) atoms. The molecule has 1 saturated heterocycles. The van der Waals surface area contributed by atoms with Crippen LogP contribution in [0.4, 0.5) is 0 Å². The molecule has 0 amide bonds. The maximum absolute atomic E-state index is 12.3. The number of nitrogens with two attached hydrogens (primary N) is 1. The maximum Gasteiger partial charge on any atom is 0.179 e. The molecule has 6 heteroatoms. The minimum absolute atomic E-state index is 0.0977. The van der Waals surface area contributed by atoms with Crippen molar-refractivity contribution in [3.05, 3.63) is 29.8 Å². The first-order valence-electron chi connectivity index (χ1n) is 7.13. The van der Waals surface area contributed by atoms with Crippen LogP contribution in [0.5, 0.6) is 0 Å². The van der Waals surface area contributed by atoms with Crippen LogP contribution in [0.15, 0.2) is 29.2 Å². The van der Waals surface area contributed by atoms with E-state index in [9.17, 15) is 8.42 Å². The molecule has 0 saturated carbocycles. The van der Waals surface area contributed by atoms with Crippen molar-refractivity contribution >= 4 is 9.84 Å². The molecule has 1 aromatic rings. The molecule has 1 aromatic carbocycles. The van der Waals surface area contributed by atoms with Crippen molar-refractivity contribution in [2.45, 2.75) is 24.3 Å². The summed E-state index contributed by atoms with van der Waals surface area (Å²) < 4.78 is 24.6. The Morgan fingerprint density at radius 2 is 2.05 bits per heavy atom. The quantitative estimate of drug-likeness (QED) is 0.877. The van der Waals surface area contributed by atoms with E-state index in [4.69, 9.17) is 11.0 Å². The van der Waals surface area contributed by atoms with Crippen molar-refractivity contribution in [3.8, 4) is 6.07 Å². The summed E-state index contributed by atoms with van der Waals surface area (Å²) >= 11 is 0. The van der Waals surface area contributed by atoms with E-state index in [2.05, 4.69) is 11.8 Å². The molecule has 2 unspecified atom stereocenters. The predicted octanol–water partition coefficient (Wildman–Crippen LogP) is 1.00. The van der Waals surface area contributed by atoms with Crippen LogP contribution >= 0.6 is 0 Å². The van der Waals surface area contributed by atoms with Crippen molar-refractivity contribution in [2.24, 2.45) is 11.7 Å². The van der Waals surface area contributed by atoms with Gasteiger partial charge in [-0.15, -0.1) is 0 Å².